The Balaban J connectivity index is 2.22. The second-order valence-corrected chi connectivity index (χ2v) is 5.27. The summed E-state index contributed by atoms with van der Waals surface area (Å²) < 4.78 is 5.71. The SMILES string of the molecule is Cc1ccccc1O[C@@H](Cc1cccc(C)c1C)C(=O)O. The number of benzene rings is 2. The molecule has 0 unspecified atom stereocenters. The van der Waals surface area contributed by atoms with E-state index in [1.807, 2.05) is 57.2 Å². The molecule has 0 radical (unpaired) electrons. The predicted octanol–water partition coefficient (Wildman–Crippen LogP) is 3.69. The van der Waals surface area contributed by atoms with Crippen LogP contribution in [0.25, 0.3) is 0 Å². The summed E-state index contributed by atoms with van der Waals surface area (Å²) in [6, 6.07) is 13.4. The standard InChI is InChI=1S/C18H20O3/c1-12-8-6-9-15(14(12)3)11-17(18(19)20)21-16-10-5-4-7-13(16)2/h4-10,17H,11H2,1-3H3,(H,19,20)/t17-/m0/s1. The van der Waals surface area contributed by atoms with Crippen LogP contribution in [0.4, 0.5) is 0 Å². The van der Waals surface area contributed by atoms with Gasteiger partial charge >= 0.3 is 5.97 Å². The van der Waals surface area contributed by atoms with E-state index in [0.717, 1.165) is 22.3 Å². The van der Waals surface area contributed by atoms with Crippen LogP contribution in [0.5, 0.6) is 5.75 Å². The number of carboxylic acid groups (broad SMARTS) is 1. The number of aliphatic carboxylic acids is 1. The van der Waals surface area contributed by atoms with Gasteiger partial charge in [0.15, 0.2) is 6.10 Å². The molecule has 2 rings (SSSR count). The van der Waals surface area contributed by atoms with Gasteiger partial charge in [-0.25, -0.2) is 4.79 Å². The van der Waals surface area contributed by atoms with Crippen LogP contribution in [-0.4, -0.2) is 17.2 Å². The Labute approximate surface area is 125 Å². The molecule has 0 amide bonds. The molecule has 1 N–H and O–H groups in total. The van der Waals surface area contributed by atoms with Crippen molar-refractivity contribution in [2.45, 2.75) is 33.3 Å². The maximum atomic E-state index is 11.5. The molecule has 21 heavy (non-hydrogen) atoms. The van der Waals surface area contributed by atoms with Crippen LogP contribution in [0.1, 0.15) is 22.3 Å². The zero-order chi connectivity index (χ0) is 15.4. The number of hydrogen-bond donors (Lipinski definition) is 1. The molecule has 3 heteroatoms. The van der Waals surface area contributed by atoms with Crippen molar-refractivity contribution in [3.05, 3.63) is 64.7 Å². The van der Waals surface area contributed by atoms with Crippen LogP contribution in [0, 0.1) is 20.8 Å². The second-order valence-electron chi connectivity index (χ2n) is 5.27. The Morgan fingerprint density at radius 3 is 2.38 bits per heavy atom. The highest BCUT2D eigenvalue weighted by Crippen LogP contribution is 2.21. The van der Waals surface area contributed by atoms with Gasteiger partial charge in [0.05, 0.1) is 0 Å². The quantitative estimate of drug-likeness (QED) is 0.911. The van der Waals surface area contributed by atoms with E-state index in [9.17, 15) is 9.90 Å². The zero-order valence-electron chi connectivity index (χ0n) is 12.6. The van der Waals surface area contributed by atoms with Crippen molar-refractivity contribution in [1.82, 2.24) is 0 Å². The van der Waals surface area contributed by atoms with Gasteiger partial charge in [-0.2, -0.15) is 0 Å². The topological polar surface area (TPSA) is 46.5 Å². The number of hydrogen-bond acceptors (Lipinski definition) is 2. The lowest BCUT2D eigenvalue weighted by Crippen LogP contribution is -2.30. The summed E-state index contributed by atoms with van der Waals surface area (Å²) in [4.78, 5) is 11.5. The zero-order valence-corrected chi connectivity index (χ0v) is 12.6. The second kappa shape index (κ2) is 6.44. The van der Waals surface area contributed by atoms with Crippen molar-refractivity contribution in [2.75, 3.05) is 0 Å². The molecule has 1 atom stereocenters. The summed E-state index contributed by atoms with van der Waals surface area (Å²) in [5.41, 5.74) is 4.23. The number of carboxylic acids is 1. The lowest BCUT2D eigenvalue weighted by atomic mass is 9.98. The van der Waals surface area contributed by atoms with Gasteiger partial charge in [0.25, 0.3) is 0 Å². The summed E-state index contributed by atoms with van der Waals surface area (Å²) in [5, 5.41) is 9.42. The van der Waals surface area contributed by atoms with Gasteiger partial charge in [0, 0.05) is 6.42 Å². The molecule has 3 nitrogen and oxygen atoms in total. The molecule has 0 aliphatic carbocycles. The van der Waals surface area contributed by atoms with Crippen LogP contribution < -0.4 is 4.74 Å². The molecule has 0 aliphatic heterocycles. The van der Waals surface area contributed by atoms with Gasteiger partial charge in [-0.05, 0) is 49.1 Å². The Hall–Kier alpha value is -2.29. The summed E-state index contributed by atoms with van der Waals surface area (Å²) >= 11 is 0. The minimum Gasteiger partial charge on any atom is -0.478 e. The van der Waals surface area contributed by atoms with Crippen molar-refractivity contribution >= 4 is 5.97 Å². The first-order valence-electron chi connectivity index (χ1n) is 6.99. The van der Waals surface area contributed by atoms with E-state index < -0.39 is 12.1 Å². The third-order valence-electron chi connectivity index (χ3n) is 3.76. The normalized spacial score (nSPS) is 12.0. The van der Waals surface area contributed by atoms with Crippen LogP contribution in [0.3, 0.4) is 0 Å². The highest BCUT2D eigenvalue weighted by Gasteiger charge is 2.21. The minimum atomic E-state index is -0.945. The van der Waals surface area contributed by atoms with Crippen molar-refractivity contribution in [2.24, 2.45) is 0 Å². The molecule has 0 saturated heterocycles. The first-order chi connectivity index (χ1) is 9.99. The fourth-order valence-corrected chi connectivity index (χ4v) is 2.25. The Kier molecular flexibility index (Phi) is 4.63. The molecule has 0 aliphatic rings. The van der Waals surface area contributed by atoms with Crippen LogP contribution in [0.15, 0.2) is 42.5 Å². The smallest absolute Gasteiger partial charge is 0.345 e. The van der Waals surface area contributed by atoms with E-state index in [4.69, 9.17) is 4.74 Å². The van der Waals surface area contributed by atoms with Gasteiger partial charge in [0.1, 0.15) is 5.75 Å². The van der Waals surface area contributed by atoms with Crippen molar-refractivity contribution in [3.8, 4) is 5.75 Å². The molecule has 0 aromatic heterocycles. The molecular formula is C18H20O3. The number of rotatable bonds is 5. The third kappa shape index (κ3) is 3.63. The van der Waals surface area contributed by atoms with Crippen LogP contribution in [-0.2, 0) is 11.2 Å². The molecule has 0 fully saturated rings. The summed E-state index contributed by atoms with van der Waals surface area (Å²) in [7, 11) is 0. The molecule has 110 valence electrons. The Morgan fingerprint density at radius 2 is 1.71 bits per heavy atom. The first kappa shape index (κ1) is 15.1. The summed E-state index contributed by atoms with van der Waals surface area (Å²) in [5.74, 6) is -0.325. The van der Waals surface area contributed by atoms with Crippen LogP contribution >= 0.6 is 0 Å². The van der Waals surface area contributed by atoms with Gasteiger partial charge in [-0.3, -0.25) is 0 Å². The average Bonchev–Trinajstić information content (AvgIpc) is 2.45. The highest BCUT2D eigenvalue weighted by atomic mass is 16.5. The van der Waals surface area contributed by atoms with Crippen LogP contribution in [0.2, 0.25) is 0 Å². The summed E-state index contributed by atoms with van der Waals surface area (Å²) in [6.07, 6.45) is -0.524. The van der Waals surface area contributed by atoms with E-state index in [1.54, 1.807) is 6.07 Å². The fraction of sp³-hybridized carbons (Fsp3) is 0.278. The van der Waals surface area contributed by atoms with Gasteiger partial charge in [-0.15, -0.1) is 0 Å². The summed E-state index contributed by atoms with van der Waals surface area (Å²) in [6.45, 7) is 5.94. The molecule has 2 aromatic carbocycles. The van der Waals surface area contributed by atoms with Crippen molar-refractivity contribution < 1.29 is 14.6 Å². The monoisotopic (exact) mass is 284 g/mol. The van der Waals surface area contributed by atoms with Gasteiger partial charge in [0.2, 0.25) is 0 Å². The van der Waals surface area contributed by atoms with Crippen molar-refractivity contribution in [3.63, 3.8) is 0 Å². The molecule has 0 heterocycles. The predicted molar refractivity (Wildman–Crippen MR) is 82.9 cm³/mol. The Bertz CT molecular complexity index is 647. The minimum absolute atomic E-state index is 0.358. The molecule has 2 aromatic rings. The lowest BCUT2D eigenvalue weighted by Gasteiger charge is -2.18. The fourth-order valence-electron chi connectivity index (χ4n) is 2.25. The lowest BCUT2D eigenvalue weighted by molar-refractivity contribution is -0.145. The van der Waals surface area contributed by atoms with Gasteiger partial charge in [-0.1, -0.05) is 36.4 Å². The number of para-hydroxylation sites is 1. The van der Waals surface area contributed by atoms with E-state index in [-0.39, 0.29) is 0 Å². The van der Waals surface area contributed by atoms with E-state index in [2.05, 4.69) is 0 Å². The number of ether oxygens (including phenoxy) is 1. The first-order valence-corrected chi connectivity index (χ1v) is 6.99. The van der Waals surface area contributed by atoms with Gasteiger partial charge < -0.3 is 9.84 Å². The highest BCUT2D eigenvalue weighted by molar-refractivity contribution is 5.73. The molecule has 0 spiro atoms. The average molecular weight is 284 g/mol. The molecule has 0 bridgehead atoms. The van der Waals surface area contributed by atoms with E-state index in [0.29, 0.717) is 12.2 Å². The van der Waals surface area contributed by atoms with E-state index in [1.165, 1.54) is 0 Å². The molecule has 0 saturated carbocycles. The van der Waals surface area contributed by atoms with E-state index >= 15 is 0 Å². The third-order valence-corrected chi connectivity index (χ3v) is 3.76. The largest absolute Gasteiger partial charge is 0.478 e. The maximum Gasteiger partial charge on any atom is 0.345 e. The Morgan fingerprint density at radius 1 is 1.05 bits per heavy atom. The maximum absolute atomic E-state index is 11.5. The van der Waals surface area contributed by atoms with Crippen molar-refractivity contribution in [1.29, 1.82) is 0 Å². The molecular weight excluding hydrogens is 264 g/mol. The number of carbonyl (C=O) groups is 1. The number of aryl methyl sites for hydroxylation is 2.